The predicted molar refractivity (Wildman–Crippen MR) is 78.7 cm³/mol. The van der Waals surface area contributed by atoms with Gasteiger partial charge in [-0.15, -0.1) is 5.10 Å². The smallest absolute Gasteiger partial charge is 0.234 e. The molecule has 21 heavy (non-hydrogen) atoms. The largest absolute Gasteiger partial charge is 0.368 e. The fraction of sp³-hybridized carbons (Fsp3) is 0.400. The quantitative estimate of drug-likeness (QED) is 0.905. The molecule has 6 nitrogen and oxygen atoms in total. The number of benzene rings is 1. The first kappa shape index (κ1) is 13.8. The van der Waals surface area contributed by atoms with Gasteiger partial charge in [-0.25, -0.2) is 4.68 Å². The molecule has 3 rings (SSSR count). The van der Waals surface area contributed by atoms with Crippen molar-refractivity contribution in [3.8, 4) is 5.69 Å². The van der Waals surface area contributed by atoms with Crippen LogP contribution in [0.25, 0.3) is 5.69 Å². The number of nitrogens with two attached hydrogens (primary N) is 1. The summed E-state index contributed by atoms with van der Waals surface area (Å²) in [5.41, 5.74) is 8.54. The number of carbonyl (C=O) groups excluding carboxylic acids is 1. The van der Waals surface area contributed by atoms with Gasteiger partial charge in [0.05, 0.1) is 17.4 Å². The summed E-state index contributed by atoms with van der Waals surface area (Å²) in [6.07, 6.45) is 1.54. The molecule has 2 aromatic rings. The normalized spacial score (nSPS) is 16.4. The molecule has 110 valence electrons. The Bertz CT molecular complexity index is 637. The number of nitrogens with zero attached hydrogens (tertiary/aromatic N) is 4. The van der Waals surface area contributed by atoms with E-state index in [1.54, 1.807) is 0 Å². The summed E-state index contributed by atoms with van der Waals surface area (Å²) < 4.78 is 1.89. The van der Waals surface area contributed by atoms with Crippen LogP contribution in [-0.4, -0.2) is 38.4 Å². The van der Waals surface area contributed by atoms with E-state index in [1.807, 2.05) is 41.9 Å². The number of para-hydroxylation sites is 1. The molecule has 0 spiro atoms. The standard InChI is InChI=1S/C15H19N5O/c1-2-13(15(16)21)19-9-8-14-12(10-19)17-18-20(14)11-6-4-3-5-7-11/h3-7,13H,2,8-10H2,1H3,(H2,16,21). The first-order valence-corrected chi connectivity index (χ1v) is 7.23. The lowest BCUT2D eigenvalue weighted by Gasteiger charge is -2.31. The Kier molecular flexibility index (Phi) is 3.70. The number of hydrogen-bond donors (Lipinski definition) is 1. The van der Waals surface area contributed by atoms with E-state index < -0.39 is 0 Å². The molecule has 1 aromatic carbocycles. The lowest BCUT2D eigenvalue weighted by molar-refractivity contribution is -0.123. The molecule has 2 heterocycles. The van der Waals surface area contributed by atoms with Crippen LogP contribution in [-0.2, 0) is 17.8 Å². The van der Waals surface area contributed by atoms with Gasteiger partial charge >= 0.3 is 0 Å². The number of hydrogen-bond acceptors (Lipinski definition) is 4. The highest BCUT2D eigenvalue weighted by Gasteiger charge is 2.29. The maximum Gasteiger partial charge on any atom is 0.234 e. The van der Waals surface area contributed by atoms with E-state index in [0.717, 1.165) is 36.5 Å². The first-order valence-electron chi connectivity index (χ1n) is 7.23. The second-order valence-corrected chi connectivity index (χ2v) is 5.28. The van der Waals surface area contributed by atoms with Crippen LogP contribution in [0.5, 0.6) is 0 Å². The van der Waals surface area contributed by atoms with Crippen LogP contribution in [0.4, 0.5) is 0 Å². The maximum atomic E-state index is 11.5. The third-order valence-corrected chi connectivity index (χ3v) is 3.99. The molecule has 0 radical (unpaired) electrons. The van der Waals surface area contributed by atoms with E-state index in [0.29, 0.717) is 6.54 Å². The van der Waals surface area contributed by atoms with Gasteiger partial charge < -0.3 is 5.73 Å². The van der Waals surface area contributed by atoms with Gasteiger partial charge in [0, 0.05) is 19.5 Å². The minimum Gasteiger partial charge on any atom is -0.368 e. The van der Waals surface area contributed by atoms with Gasteiger partial charge in [-0.1, -0.05) is 30.3 Å². The molecule has 0 bridgehead atoms. The van der Waals surface area contributed by atoms with E-state index in [-0.39, 0.29) is 11.9 Å². The van der Waals surface area contributed by atoms with Gasteiger partial charge in [0.25, 0.3) is 0 Å². The van der Waals surface area contributed by atoms with E-state index >= 15 is 0 Å². The molecule has 1 unspecified atom stereocenters. The average molecular weight is 285 g/mol. The molecule has 0 aliphatic carbocycles. The SMILES string of the molecule is CCC(C(N)=O)N1CCc2c(nnn2-c2ccccc2)C1. The number of rotatable bonds is 4. The fourth-order valence-electron chi connectivity index (χ4n) is 2.91. The topological polar surface area (TPSA) is 77.0 Å². The monoisotopic (exact) mass is 285 g/mol. The van der Waals surface area contributed by atoms with Crippen LogP contribution < -0.4 is 5.73 Å². The van der Waals surface area contributed by atoms with Gasteiger partial charge in [0.15, 0.2) is 0 Å². The molecule has 0 saturated carbocycles. The van der Waals surface area contributed by atoms with Crippen molar-refractivity contribution < 1.29 is 4.79 Å². The Hall–Kier alpha value is -2.21. The van der Waals surface area contributed by atoms with Gasteiger partial charge in [-0.3, -0.25) is 9.69 Å². The summed E-state index contributed by atoms with van der Waals surface area (Å²) in [4.78, 5) is 13.6. The minimum absolute atomic E-state index is 0.222. The zero-order chi connectivity index (χ0) is 14.8. The van der Waals surface area contributed by atoms with Crippen molar-refractivity contribution in [3.63, 3.8) is 0 Å². The third-order valence-electron chi connectivity index (χ3n) is 3.99. The molecule has 1 amide bonds. The zero-order valence-corrected chi connectivity index (χ0v) is 12.1. The van der Waals surface area contributed by atoms with Crippen LogP contribution in [0.3, 0.4) is 0 Å². The van der Waals surface area contributed by atoms with E-state index in [2.05, 4.69) is 15.2 Å². The summed E-state index contributed by atoms with van der Waals surface area (Å²) >= 11 is 0. The van der Waals surface area contributed by atoms with Gasteiger partial charge in [0.2, 0.25) is 5.91 Å². The summed E-state index contributed by atoms with van der Waals surface area (Å²) in [6.45, 7) is 3.41. The second kappa shape index (κ2) is 5.65. The van der Waals surface area contributed by atoms with Crippen molar-refractivity contribution in [2.45, 2.75) is 32.4 Å². The zero-order valence-electron chi connectivity index (χ0n) is 12.1. The van der Waals surface area contributed by atoms with E-state index in [1.165, 1.54) is 0 Å². The van der Waals surface area contributed by atoms with Crippen molar-refractivity contribution in [2.75, 3.05) is 6.54 Å². The van der Waals surface area contributed by atoms with E-state index in [9.17, 15) is 4.79 Å². The van der Waals surface area contributed by atoms with Crippen molar-refractivity contribution >= 4 is 5.91 Å². The molecule has 1 atom stereocenters. The molecule has 1 aliphatic heterocycles. The van der Waals surface area contributed by atoms with Crippen molar-refractivity contribution in [2.24, 2.45) is 5.73 Å². The molecule has 6 heteroatoms. The van der Waals surface area contributed by atoms with Gasteiger partial charge in [-0.2, -0.15) is 0 Å². The van der Waals surface area contributed by atoms with Crippen LogP contribution in [0.15, 0.2) is 30.3 Å². The summed E-state index contributed by atoms with van der Waals surface area (Å²) in [7, 11) is 0. The Morgan fingerprint density at radius 3 is 2.81 bits per heavy atom. The van der Waals surface area contributed by atoms with Crippen molar-refractivity contribution in [1.29, 1.82) is 0 Å². The Balaban J connectivity index is 1.86. The average Bonchev–Trinajstić information content (AvgIpc) is 2.91. The lowest BCUT2D eigenvalue weighted by Crippen LogP contribution is -2.46. The van der Waals surface area contributed by atoms with Gasteiger partial charge in [-0.05, 0) is 18.6 Å². The fourth-order valence-corrected chi connectivity index (χ4v) is 2.91. The Morgan fingerprint density at radius 2 is 2.14 bits per heavy atom. The van der Waals surface area contributed by atoms with Gasteiger partial charge in [0.1, 0.15) is 5.69 Å². The van der Waals surface area contributed by atoms with E-state index in [4.69, 9.17) is 5.73 Å². The third kappa shape index (κ3) is 2.54. The second-order valence-electron chi connectivity index (χ2n) is 5.28. The molecule has 1 aromatic heterocycles. The molecule has 0 saturated heterocycles. The van der Waals surface area contributed by atoms with Crippen molar-refractivity contribution in [1.82, 2.24) is 19.9 Å². The minimum atomic E-state index is -0.267. The predicted octanol–water partition coefficient (Wildman–Crippen LogP) is 0.889. The molecular formula is C15H19N5O. The Morgan fingerprint density at radius 1 is 1.38 bits per heavy atom. The van der Waals surface area contributed by atoms with Crippen molar-refractivity contribution in [3.05, 3.63) is 41.7 Å². The summed E-state index contributed by atoms with van der Waals surface area (Å²) in [5, 5.41) is 8.53. The lowest BCUT2D eigenvalue weighted by atomic mass is 10.1. The summed E-state index contributed by atoms with van der Waals surface area (Å²) in [6, 6.07) is 9.75. The molecule has 2 N–H and O–H groups in total. The van der Waals surface area contributed by atoms with Crippen LogP contribution in [0.1, 0.15) is 24.7 Å². The number of fused-ring (bicyclic) bond motifs is 1. The highest BCUT2D eigenvalue weighted by molar-refractivity contribution is 5.79. The summed E-state index contributed by atoms with van der Waals surface area (Å²) in [5.74, 6) is -0.267. The van der Waals surface area contributed by atoms with Crippen LogP contribution >= 0.6 is 0 Å². The number of primary amides is 1. The Labute approximate surface area is 123 Å². The number of carbonyl (C=O) groups is 1. The highest BCUT2D eigenvalue weighted by Crippen LogP contribution is 2.22. The molecule has 1 aliphatic rings. The molecular weight excluding hydrogens is 266 g/mol. The highest BCUT2D eigenvalue weighted by atomic mass is 16.1. The first-order chi connectivity index (χ1) is 10.2. The maximum absolute atomic E-state index is 11.5. The molecule has 0 fully saturated rings. The van der Waals surface area contributed by atoms with Crippen LogP contribution in [0.2, 0.25) is 0 Å². The number of aromatic nitrogens is 3. The number of amides is 1. The van der Waals surface area contributed by atoms with Crippen LogP contribution in [0, 0.1) is 0 Å².